The molecule has 0 aliphatic heterocycles. The first-order valence-corrected chi connectivity index (χ1v) is 10.8. The van der Waals surface area contributed by atoms with Gasteiger partial charge in [0, 0.05) is 11.4 Å². The second kappa shape index (κ2) is 10.4. The fraction of sp³-hybridized carbons (Fsp3) is 0.231. The molecule has 0 saturated carbocycles. The molecule has 0 aliphatic carbocycles. The second-order valence-electron chi connectivity index (χ2n) is 7.31. The van der Waals surface area contributed by atoms with Crippen LogP contribution in [0.5, 0.6) is 5.75 Å². The molecule has 0 saturated heterocycles. The Morgan fingerprint density at radius 1 is 0.793 bits per heavy atom. The number of likely N-dealkylation sites (N-methyl/N-ethyl adjacent to an activating group) is 1. The molecule has 3 rings (SSSR count). The number of alkyl halides is 1. The molecule has 0 aromatic heterocycles. The Morgan fingerprint density at radius 2 is 1.31 bits per heavy atom. The molecule has 150 valence electrons. The summed E-state index contributed by atoms with van der Waals surface area (Å²) in [4.78, 5) is 2.32. The summed E-state index contributed by atoms with van der Waals surface area (Å²) in [5, 5.41) is 0. The predicted molar refractivity (Wildman–Crippen MR) is 128 cm³/mol. The van der Waals surface area contributed by atoms with Crippen LogP contribution < -0.4 is 4.74 Å². The van der Waals surface area contributed by atoms with Gasteiger partial charge in [0.15, 0.2) is 0 Å². The van der Waals surface area contributed by atoms with Crippen LogP contribution in [-0.4, -0.2) is 37.0 Å². The van der Waals surface area contributed by atoms with Gasteiger partial charge in [-0.25, -0.2) is 0 Å². The molecule has 1 unspecified atom stereocenters. The first kappa shape index (κ1) is 21.4. The highest BCUT2D eigenvalue weighted by Crippen LogP contribution is 2.37. The van der Waals surface area contributed by atoms with Gasteiger partial charge in [-0.1, -0.05) is 88.7 Å². The standard InChI is InChI=1S/C26H28BrNO/c1-20(27)25(21-10-6-4-7-11-21)26(22-12-8-5-9-13-22)23-14-16-24(17-15-23)29-19-18-28(2)3/h4-17,20H,18-19H2,1-3H3/b26-25-. The minimum Gasteiger partial charge on any atom is -0.492 e. The first-order valence-electron chi connectivity index (χ1n) is 9.93. The van der Waals surface area contributed by atoms with Gasteiger partial charge < -0.3 is 9.64 Å². The Morgan fingerprint density at radius 3 is 1.83 bits per heavy atom. The summed E-state index contributed by atoms with van der Waals surface area (Å²) < 4.78 is 5.88. The summed E-state index contributed by atoms with van der Waals surface area (Å²) in [6.07, 6.45) is 0. The molecule has 3 aromatic rings. The Labute approximate surface area is 183 Å². The van der Waals surface area contributed by atoms with Crippen LogP contribution in [0.1, 0.15) is 23.6 Å². The van der Waals surface area contributed by atoms with E-state index in [4.69, 9.17) is 4.74 Å². The van der Waals surface area contributed by atoms with Crippen LogP contribution in [0.4, 0.5) is 0 Å². The number of rotatable bonds is 8. The molecular weight excluding hydrogens is 422 g/mol. The maximum Gasteiger partial charge on any atom is 0.119 e. The lowest BCUT2D eigenvalue weighted by atomic mass is 9.88. The molecule has 0 fully saturated rings. The van der Waals surface area contributed by atoms with Crippen molar-refractivity contribution in [1.29, 1.82) is 0 Å². The average molecular weight is 450 g/mol. The highest BCUT2D eigenvalue weighted by atomic mass is 79.9. The van der Waals surface area contributed by atoms with E-state index in [-0.39, 0.29) is 4.83 Å². The number of hydrogen-bond donors (Lipinski definition) is 0. The molecule has 3 aromatic carbocycles. The molecule has 0 amide bonds. The summed E-state index contributed by atoms with van der Waals surface area (Å²) in [7, 11) is 4.10. The van der Waals surface area contributed by atoms with E-state index in [1.165, 1.54) is 27.8 Å². The van der Waals surface area contributed by atoms with Crippen LogP contribution in [0.15, 0.2) is 84.9 Å². The lowest BCUT2D eigenvalue weighted by Crippen LogP contribution is -2.19. The Bertz CT molecular complexity index is 916. The molecule has 0 heterocycles. The maximum atomic E-state index is 5.88. The van der Waals surface area contributed by atoms with Crippen LogP contribution in [0.2, 0.25) is 0 Å². The maximum absolute atomic E-state index is 5.88. The number of halogens is 1. The van der Waals surface area contributed by atoms with E-state index in [9.17, 15) is 0 Å². The molecule has 0 spiro atoms. The summed E-state index contributed by atoms with van der Waals surface area (Å²) in [6.45, 7) is 3.77. The average Bonchev–Trinajstić information content (AvgIpc) is 2.73. The van der Waals surface area contributed by atoms with E-state index in [1.54, 1.807) is 0 Å². The fourth-order valence-corrected chi connectivity index (χ4v) is 3.83. The second-order valence-corrected chi connectivity index (χ2v) is 8.69. The normalized spacial score (nSPS) is 13.1. The SMILES string of the molecule is CC(Br)/C(=C(\c1ccccc1)c1ccc(OCCN(C)C)cc1)c1ccccc1. The fourth-order valence-electron chi connectivity index (χ4n) is 3.34. The lowest BCUT2D eigenvalue weighted by molar-refractivity contribution is 0.261. The van der Waals surface area contributed by atoms with Crippen molar-refractivity contribution < 1.29 is 4.74 Å². The zero-order valence-electron chi connectivity index (χ0n) is 17.3. The molecule has 29 heavy (non-hydrogen) atoms. The number of nitrogens with zero attached hydrogens (tertiary/aromatic N) is 1. The van der Waals surface area contributed by atoms with Crippen LogP contribution in [-0.2, 0) is 0 Å². The molecule has 0 bridgehead atoms. The lowest BCUT2D eigenvalue weighted by Gasteiger charge is -2.20. The zero-order valence-corrected chi connectivity index (χ0v) is 18.9. The van der Waals surface area contributed by atoms with Crippen LogP contribution in [0.3, 0.4) is 0 Å². The van der Waals surface area contributed by atoms with E-state index >= 15 is 0 Å². The highest BCUT2D eigenvalue weighted by Gasteiger charge is 2.17. The van der Waals surface area contributed by atoms with Gasteiger partial charge in [-0.3, -0.25) is 0 Å². The van der Waals surface area contributed by atoms with Crippen molar-refractivity contribution >= 4 is 27.1 Å². The minimum absolute atomic E-state index is 0.205. The monoisotopic (exact) mass is 449 g/mol. The number of ether oxygens (including phenoxy) is 1. The summed E-state index contributed by atoms with van der Waals surface area (Å²) in [6, 6.07) is 29.6. The van der Waals surface area contributed by atoms with Crippen molar-refractivity contribution in [2.45, 2.75) is 11.8 Å². The van der Waals surface area contributed by atoms with Crippen LogP contribution >= 0.6 is 15.9 Å². The quantitative estimate of drug-likeness (QED) is 0.292. The summed E-state index contributed by atoms with van der Waals surface area (Å²) >= 11 is 3.85. The minimum atomic E-state index is 0.205. The van der Waals surface area contributed by atoms with E-state index in [1.807, 2.05) is 0 Å². The third kappa shape index (κ3) is 5.81. The molecule has 0 N–H and O–H groups in total. The molecule has 0 radical (unpaired) electrons. The van der Waals surface area contributed by atoms with E-state index in [2.05, 4.69) is 127 Å². The molecule has 3 heteroatoms. The van der Waals surface area contributed by atoms with E-state index < -0.39 is 0 Å². The van der Waals surface area contributed by atoms with Gasteiger partial charge in [-0.15, -0.1) is 0 Å². The molecular formula is C26H28BrNO. The van der Waals surface area contributed by atoms with Crippen molar-refractivity contribution in [3.8, 4) is 5.75 Å². The van der Waals surface area contributed by atoms with Crippen molar-refractivity contribution in [3.63, 3.8) is 0 Å². The topological polar surface area (TPSA) is 12.5 Å². The Balaban J connectivity index is 2.05. The Hall–Kier alpha value is -2.36. The first-order chi connectivity index (χ1) is 14.1. The van der Waals surface area contributed by atoms with Crippen LogP contribution in [0, 0.1) is 0 Å². The third-order valence-corrected chi connectivity index (χ3v) is 5.22. The van der Waals surface area contributed by atoms with Crippen molar-refractivity contribution in [3.05, 3.63) is 102 Å². The number of hydrogen-bond acceptors (Lipinski definition) is 2. The zero-order chi connectivity index (χ0) is 20.6. The van der Waals surface area contributed by atoms with E-state index in [0.29, 0.717) is 6.61 Å². The van der Waals surface area contributed by atoms with Crippen molar-refractivity contribution in [1.82, 2.24) is 4.90 Å². The van der Waals surface area contributed by atoms with Gasteiger partial charge in [0.05, 0.1) is 0 Å². The van der Waals surface area contributed by atoms with Gasteiger partial charge >= 0.3 is 0 Å². The predicted octanol–water partition coefficient (Wildman–Crippen LogP) is 6.37. The summed E-state index contributed by atoms with van der Waals surface area (Å²) in [5.74, 6) is 0.899. The smallest absolute Gasteiger partial charge is 0.119 e. The highest BCUT2D eigenvalue weighted by molar-refractivity contribution is 9.09. The van der Waals surface area contributed by atoms with Gasteiger partial charge in [0.1, 0.15) is 12.4 Å². The van der Waals surface area contributed by atoms with Gasteiger partial charge in [0.2, 0.25) is 0 Å². The van der Waals surface area contributed by atoms with Crippen molar-refractivity contribution in [2.75, 3.05) is 27.2 Å². The molecule has 0 aliphatic rings. The Kier molecular flexibility index (Phi) is 7.68. The van der Waals surface area contributed by atoms with Crippen LogP contribution in [0.25, 0.3) is 11.1 Å². The van der Waals surface area contributed by atoms with Crippen molar-refractivity contribution in [2.24, 2.45) is 0 Å². The largest absolute Gasteiger partial charge is 0.492 e. The number of allylic oxidation sites excluding steroid dienone is 1. The van der Waals surface area contributed by atoms with Gasteiger partial charge in [0.25, 0.3) is 0 Å². The molecule has 1 atom stereocenters. The summed E-state index contributed by atoms with van der Waals surface area (Å²) in [5.41, 5.74) is 6.13. The van der Waals surface area contributed by atoms with Gasteiger partial charge in [-0.05, 0) is 61.0 Å². The molecule has 2 nitrogen and oxygen atoms in total. The van der Waals surface area contributed by atoms with Gasteiger partial charge in [-0.2, -0.15) is 0 Å². The third-order valence-electron chi connectivity index (χ3n) is 4.76. The number of benzene rings is 3. The van der Waals surface area contributed by atoms with E-state index in [0.717, 1.165) is 12.3 Å².